The molecule has 0 spiro atoms. The van der Waals surface area contributed by atoms with Crippen molar-refractivity contribution >= 4 is 35.1 Å². The fourth-order valence-corrected chi connectivity index (χ4v) is 1.77. The minimum Gasteiger partial charge on any atom is -0.480 e. The number of amides is 1. The third-order valence-electron chi connectivity index (χ3n) is 2.37. The van der Waals surface area contributed by atoms with Gasteiger partial charge in [0, 0.05) is 0 Å². The van der Waals surface area contributed by atoms with Crippen LogP contribution in [0.15, 0.2) is 0 Å². The Morgan fingerprint density at radius 1 is 1.47 bits per heavy atom. The largest absolute Gasteiger partial charge is 0.480 e. The minimum atomic E-state index is -1.05. The van der Waals surface area contributed by atoms with E-state index in [2.05, 4.69) is 5.32 Å². The van der Waals surface area contributed by atoms with E-state index in [1.54, 1.807) is 13.8 Å². The number of aliphatic carboxylic acids is 1. The molecule has 4 nitrogen and oxygen atoms in total. The first-order valence-electron chi connectivity index (χ1n) is 4.66. The van der Waals surface area contributed by atoms with E-state index in [4.69, 9.17) is 28.3 Å². The van der Waals surface area contributed by atoms with Gasteiger partial charge < -0.3 is 10.4 Å². The van der Waals surface area contributed by atoms with E-state index in [1.165, 1.54) is 0 Å². The molecule has 0 saturated heterocycles. The molecule has 15 heavy (non-hydrogen) atoms. The van der Waals surface area contributed by atoms with E-state index in [9.17, 15) is 9.59 Å². The van der Waals surface area contributed by atoms with Crippen LogP contribution in [0.4, 0.5) is 0 Å². The summed E-state index contributed by atoms with van der Waals surface area (Å²) in [6.07, 6.45) is 0.381. The second kappa shape index (κ2) is 4.18. The lowest BCUT2D eigenvalue weighted by Crippen LogP contribution is -2.45. The molecule has 2 unspecified atom stereocenters. The fraction of sp³-hybridized carbons (Fsp3) is 0.778. The highest BCUT2D eigenvalue weighted by Crippen LogP contribution is 2.53. The maximum atomic E-state index is 11.5. The van der Waals surface area contributed by atoms with Crippen LogP contribution in [0.25, 0.3) is 0 Å². The van der Waals surface area contributed by atoms with E-state index in [0.29, 0.717) is 6.42 Å². The first kappa shape index (κ1) is 12.6. The molecule has 0 aromatic heterocycles. The molecular weight excluding hydrogens is 241 g/mol. The molecule has 1 aliphatic carbocycles. The predicted molar refractivity (Wildman–Crippen MR) is 56.9 cm³/mol. The number of rotatable bonds is 4. The number of nitrogens with one attached hydrogen (secondary N) is 1. The van der Waals surface area contributed by atoms with E-state index >= 15 is 0 Å². The third-order valence-corrected chi connectivity index (χ3v) is 3.21. The molecule has 6 heteroatoms. The summed E-state index contributed by atoms with van der Waals surface area (Å²) >= 11 is 11.4. The Hall–Kier alpha value is -0.480. The average Bonchev–Trinajstić information content (AvgIpc) is 2.69. The van der Waals surface area contributed by atoms with Gasteiger partial charge in [-0.25, -0.2) is 4.79 Å². The van der Waals surface area contributed by atoms with Gasteiger partial charge in [-0.15, -0.1) is 23.2 Å². The van der Waals surface area contributed by atoms with Crippen molar-refractivity contribution in [2.75, 3.05) is 0 Å². The molecular formula is C9H13Cl2NO3. The van der Waals surface area contributed by atoms with Gasteiger partial charge in [0.2, 0.25) is 5.91 Å². The van der Waals surface area contributed by atoms with Gasteiger partial charge in [-0.2, -0.15) is 0 Å². The molecule has 2 N–H and O–H groups in total. The predicted octanol–water partition coefficient (Wildman–Crippen LogP) is 1.41. The van der Waals surface area contributed by atoms with Crippen molar-refractivity contribution in [1.82, 2.24) is 5.32 Å². The Balaban J connectivity index is 2.53. The Kier molecular flexibility index (Phi) is 3.51. The molecule has 1 amide bonds. The van der Waals surface area contributed by atoms with Gasteiger partial charge >= 0.3 is 5.97 Å². The molecule has 2 atom stereocenters. The number of carboxylic acids is 1. The normalized spacial score (nSPS) is 24.7. The molecule has 1 rings (SSSR count). The number of hydrogen-bond donors (Lipinski definition) is 2. The fourth-order valence-electron chi connectivity index (χ4n) is 1.27. The van der Waals surface area contributed by atoms with Gasteiger partial charge in [-0.05, 0) is 12.3 Å². The van der Waals surface area contributed by atoms with Crippen molar-refractivity contribution in [3.63, 3.8) is 0 Å². The van der Waals surface area contributed by atoms with Crippen molar-refractivity contribution in [3.05, 3.63) is 0 Å². The number of carboxylic acid groups (broad SMARTS) is 1. The molecule has 0 aromatic rings. The van der Waals surface area contributed by atoms with E-state index < -0.39 is 22.3 Å². The second-order valence-corrected chi connectivity index (χ2v) is 5.63. The highest BCUT2D eigenvalue weighted by Gasteiger charge is 2.56. The quantitative estimate of drug-likeness (QED) is 0.745. The van der Waals surface area contributed by atoms with Gasteiger partial charge in [-0.1, -0.05) is 13.8 Å². The van der Waals surface area contributed by atoms with Crippen LogP contribution in [0, 0.1) is 11.8 Å². The standard InChI is InChI=1S/C9H13Cl2NO3/c1-4(2)6(8(14)15)12-7(13)5-3-9(5,10)11/h4-6H,3H2,1-2H3,(H,12,13)(H,14,15). The zero-order chi connectivity index (χ0) is 11.8. The monoisotopic (exact) mass is 253 g/mol. The highest BCUT2D eigenvalue weighted by molar-refractivity contribution is 6.52. The Bertz CT molecular complexity index is 291. The molecule has 0 heterocycles. The molecule has 1 saturated carbocycles. The van der Waals surface area contributed by atoms with E-state index in [-0.39, 0.29) is 11.8 Å². The van der Waals surface area contributed by atoms with Crippen LogP contribution in [0.5, 0.6) is 0 Å². The summed E-state index contributed by atoms with van der Waals surface area (Å²) in [7, 11) is 0. The van der Waals surface area contributed by atoms with Gasteiger partial charge in [0.15, 0.2) is 0 Å². The molecule has 1 fully saturated rings. The summed E-state index contributed by atoms with van der Waals surface area (Å²) in [4.78, 5) is 22.3. The van der Waals surface area contributed by atoms with E-state index in [1.807, 2.05) is 0 Å². The van der Waals surface area contributed by atoms with Gasteiger partial charge in [-0.3, -0.25) is 4.79 Å². The molecule has 86 valence electrons. The Morgan fingerprint density at radius 2 is 1.93 bits per heavy atom. The van der Waals surface area contributed by atoms with Crippen molar-refractivity contribution in [2.45, 2.75) is 30.6 Å². The van der Waals surface area contributed by atoms with Crippen molar-refractivity contribution in [3.8, 4) is 0 Å². The maximum absolute atomic E-state index is 11.5. The van der Waals surface area contributed by atoms with Crippen LogP contribution in [-0.2, 0) is 9.59 Å². The summed E-state index contributed by atoms with van der Waals surface area (Å²) in [5.74, 6) is -2.10. The summed E-state index contributed by atoms with van der Waals surface area (Å²) in [5, 5.41) is 11.3. The topological polar surface area (TPSA) is 66.4 Å². The van der Waals surface area contributed by atoms with Crippen LogP contribution < -0.4 is 5.32 Å². The SMILES string of the molecule is CC(C)C(NC(=O)C1CC1(Cl)Cl)C(=O)O. The molecule has 0 aromatic carbocycles. The van der Waals surface area contributed by atoms with Crippen molar-refractivity contribution < 1.29 is 14.7 Å². The number of hydrogen-bond acceptors (Lipinski definition) is 2. The molecule has 0 bridgehead atoms. The first-order valence-corrected chi connectivity index (χ1v) is 5.42. The minimum absolute atomic E-state index is 0.176. The van der Waals surface area contributed by atoms with Gasteiger partial charge in [0.05, 0.1) is 5.92 Å². The zero-order valence-corrected chi connectivity index (χ0v) is 9.97. The van der Waals surface area contributed by atoms with Crippen LogP contribution in [0.2, 0.25) is 0 Å². The van der Waals surface area contributed by atoms with Gasteiger partial charge in [0.25, 0.3) is 0 Å². The highest BCUT2D eigenvalue weighted by atomic mass is 35.5. The number of halogens is 2. The molecule has 0 aliphatic heterocycles. The lowest BCUT2D eigenvalue weighted by molar-refractivity contribution is -0.143. The molecule has 0 radical (unpaired) electrons. The van der Waals surface area contributed by atoms with Crippen LogP contribution in [-0.4, -0.2) is 27.4 Å². The maximum Gasteiger partial charge on any atom is 0.326 e. The smallest absolute Gasteiger partial charge is 0.326 e. The summed E-state index contributed by atoms with van der Waals surface area (Å²) < 4.78 is -1.01. The first-order chi connectivity index (χ1) is 6.75. The Morgan fingerprint density at radius 3 is 2.20 bits per heavy atom. The average molecular weight is 254 g/mol. The van der Waals surface area contributed by atoms with Crippen LogP contribution in [0.1, 0.15) is 20.3 Å². The van der Waals surface area contributed by atoms with Crippen LogP contribution in [0.3, 0.4) is 0 Å². The van der Waals surface area contributed by atoms with E-state index in [0.717, 1.165) is 0 Å². The lowest BCUT2D eigenvalue weighted by Gasteiger charge is -2.17. The Labute approximate surface area is 97.9 Å². The second-order valence-electron chi connectivity index (χ2n) is 4.09. The number of carbonyl (C=O) groups excluding carboxylic acids is 1. The summed E-state index contributed by atoms with van der Waals surface area (Å²) in [6.45, 7) is 3.45. The summed E-state index contributed by atoms with van der Waals surface area (Å²) in [5.41, 5.74) is 0. The number of alkyl halides is 2. The third kappa shape index (κ3) is 2.98. The molecule has 1 aliphatic rings. The zero-order valence-electron chi connectivity index (χ0n) is 8.46. The van der Waals surface area contributed by atoms with Crippen molar-refractivity contribution in [2.24, 2.45) is 11.8 Å². The summed E-state index contributed by atoms with van der Waals surface area (Å²) in [6, 6.07) is -0.887. The van der Waals surface area contributed by atoms with Crippen molar-refractivity contribution in [1.29, 1.82) is 0 Å². The van der Waals surface area contributed by atoms with Gasteiger partial charge in [0.1, 0.15) is 10.4 Å². The lowest BCUT2D eigenvalue weighted by atomic mass is 10.0. The van der Waals surface area contributed by atoms with Crippen LogP contribution >= 0.6 is 23.2 Å². The number of carbonyl (C=O) groups is 2.